The third kappa shape index (κ3) is 4.33. The average molecular weight is 309 g/mol. The van der Waals surface area contributed by atoms with Crippen molar-refractivity contribution in [1.29, 1.82) is 0 Å². The minimum absolute atomic E-state index is 0.166. The predicted octanol–water partition coefficient (Wildman–Crippen LogP) is 5.03. The number of rotatable bonds is 7. The molecule has 0 saturated carbocycles. The number of aryl methyl sites for hydroxylation is 1. The second kappa shape index (κ2) is 7.81. The Morgan fingerprint density at radius 1 is 1.35 bits per heavy atom. The molecule has 1 nitrogen and oxygen atoms in total. The molecule has 0 bridgehead atoms. The van der Waals surface area contributed by atoms with Gasteiger partial charge >= 0.3 is 0 Å². The summed E-state index contributed by atoms with van der Waals surface area (Å²) in [5.41, 5.74) is 1.34. The van der Waals surface area contributed by atoms with Gasteiger partial charge in [0.25, 0.3) is 0 Å². The van der Waals surface area contributed by atoms with Gasteiger partial charge in [-0.2, -0.15) is 0 Å². The predicted molar refractivity (Wildman–Crippen MR) is 87.2 cm³/mol. The van der Waals surface area contributed by atoms with Crippen molar-refractivity contribution in [1.82, 2.24) is 5.32 Å². The quantitative estimate of drug-likeness (QED) is 0.720. The van der Waals surface area contributed by atoms with E-state index in [1.807, 2.05) is 6.07 Å². The Morgan fingerprint density at radius 3 is 2.85 bits per heavy atom. The number of halogens is 1. The van der Waals surface area contributed by atoms with Crippen molar-refractivity contribution >= 4 is 23.1 Å². The van der Waals surface area contributed by atoms with Gasteiger partial charge in [0.15, 0.2) is 0 Å². The number of hydrogen-bond donors (Lipinski definition) is 1. The summed E-state index contributed by atoms with van der Waals surface area (Å²) in [4.78, 5) is 2.38. The maximum Gasteiger partial charge on any atom is 0.124 e. The summed E-state index contributed by atoms with van der Waals surface area (Å²) in [6, 6.07) is 9.31. The summed E-state index contributed by atoms with van der Waals surface area (Å²) in [6.07, 6.45) is 1.12. The van der Waals surface area contributed by atoms with Crippen molar-refractivity contribution in [2.45, 2.75) is 31.2 Å². The van der Waals surface area contributed by atoms with Crippen LogP contribution in [-0.2, 0) is 0 Å². The number of thioether (sulfide) groups is 1. The Balaban J connectivity index is 2.03. The van der Waals surface area contributed by atoms with Crippen LogP contribution in [0.4, 0.5) is 4.39 Å². The molecule has 4 heteroatoms. The van der Waals surface area contributed by atoms with E-state index < -0.39 is 0 Å². The van der Waals surface area contributed by atoms with E-state index in [1.54, 1.807) is 35.2 Å². The van der Waals surface area contributed by atoms with Crippen molar-refractivity contribution < 1.29 is 4.39 Å². The molecule has 0 aliphatic carbocycles. The molecule has 0 aliphatic heterocycles. The van der Waals surface area contributed by atoms with E-state index in [2.05, 4.69) is 30.6 Å². The first-order chi connectivity index (χ1) is 9.70. The van der Waals surface area contributed by atoms with Crippen LogP contribution in [0.3, 0.4) is 0 Å². The normalized spacial score (nSPS) is 12.6. The van der Waals surface area contributed by atoms with E-state index >= 15 is 0 Å². The monoisotopic (exact) mass is 309 g/mol. The lowest BCUT2D eigenvalue weighted by Gasteiger charge is -2.18. The first-order valence-electron chi connectivity index (χ1n) is 6.86. The molecule has 1 aromatic carbocycles. The van der Waals surface area contributed by atoms with Crippen LogP contribution in [0.2, 0.25) is 0 Å². The fourth-order valence-corrected chi connectivity index (χ4v) is 4.15. The molecule has 1 heterocycles. The van der Waals surface area contributed by atoms with Crippen molar-refractivity contribution in [3.8, 4) is 0 Å². The van der Waals surface area contributed by atoms with Crippen LogP contribution in [0.5, 0.6) is 0 Å². The van der Waals surface area contributed by atoms with Gasteiger partial charge in [0, 0.05) is 15.5 Å². The maximum atomic E-state index is 13.2. The number of thiophene rings is 1. The van der Waals surface area contributed by atoms with E-state index in [4.69, 9.17) is 0 Å². The molecule has 1 unspecified atom stereocenters. The van der Waals surface area contributed by atoms with Gasteiger partial charge in [-0.15, -0.1) is 23.1 Å². The van der Waals surface area contributed by atoms with E-state index in [0.29, 0.717) is 6.04 Å². The third-order valence-corrected chi connectivity index (χ3v) is 5.29. The third-order valence-electron chi connectivity index (χ3n) is 3.07. The SMILES string of the molecule is CCCNC(CSc1cccc(F)c1)c1sccc1C. The molecule has 108 valence electrons. The highest BCUT2D eigenvalue weighted by atomic mass is 32.2. The minimum Gasteiger partial charge on any atom is -0.309 e. The molecule has 0 saturated heterocycles. The van der Waals surface area contributed by atoms with Crippen LogP contribution in [0.25, 0.3) is 0 Å². The molecule has 2 aromatic rings. The lowest BCUT2D eigenvalue weighted by atomic mass is 10.2. The summed E-state index contributed by atoms with van der Waals surface area (Å²) in [5.74, 6) is 0.755. The highest BCUT2D eigenvalue weighted by molar-refractivity contribution is 7.99. The summed E-state index contributed by atoms with van der Waals surface area (Å²) >= 11 is 3.50. The van der Waals surface area contributed by atoms with Crippen molar-refractivity contribution in [2.24, 2.45) is 0 Å². The Kier molecular flexibility index (Phi) is 6.07. The van der Waals surface area contributed by atoms with Gasteiger partial charge in [-0.3, -0.25) is 0 Å². The van der Waals surface area contributed by atoms with E-state index in [1.165, 1.54) is 16.5 Å². The Hall–Kier alpha value is -0.840. The molecule has 0 radical (unpaired) electrons. The fourth-order valence-electron chi connectivity index (χ4n) is 2.02. The van der Waals surface area contributed by atoms with Crippen LogP contribution < -0.4 is 5.32 Å². The molecule has 0 amide bonds. The van der Waals surface area contributed by atoms with Crippen LogP contribution in [-0.4, -0.2) is 12.3 Å². The maximum absolute atomic E-state index is 13.2. The molecule has 0 fully saturated rings. The van der Waals surface area contributed by atoms with Gasteiger partial charge in [-0.1, -0.05) is 13.0 Å². The van der Waals surface area contributed by atoms with Crippen molar-refractivity contribution in [3.05, 3.63) is 52.0 Å². The van der Waals surface area contributed by atoms with Crippen molar-refractivity contribution in [3.63, 3.8) is 0 Å². The van der Waals surface area contributed by atoms with Gasteiger partial charge in [0.1, 0.15) is 5.82 Å². The zero-order chi connectivity index (χ0) is 14.4. The number of benzene rings is 1. The topological polar surface area (TPSA) is 12.0 Å². The van der Waals surface area contributed by atoms with Crippen molar-refractivity contribution in [2.75, 3.05) is 12.3 Å². The standard InChI is InChI=1S/C16H20FNS2/c1-3-8-18-15(16-12(2)7-9-19-16)11-20-14-6-4-5-13(17)10-14/h4-7,9-10,15,18H,3,8,11H2,1-2H3. The highest BCUT2D eigenvalue weighted by Crippen LogP contribution is 2.30. The first kappa shape index (κ1) is 15.5. The summed E-state index contributed by atoms with van der Waals surface area (Å²) in [6.45, 7) is 5.33. The minimum atomic E-state index is -0.166. The van der Waals surface area contributed by atoms with E-state index in [0.717, 1.165) is 23.6 Å². The number of hydrogen-bond acceptors (Lipinski definition) is 3. The molecular weight excluding hydrogens is 289 g/mol. The van der Waals surface area contributed by atoms with Gasteiger partial charge in [0.2, 0.25) is 0 Å². The summed E-state index contributed by atoms with van der Waals surface area (Å²) in [7, 11) is 0. The van der Waals surface area contributed by atoms with Crippen LogP contribution in [0.15, 0.2) is 40.6 Å². The fraction of sp³-hybridized carbons (Fsp3) is 0.375. The largest absolute Gasteiger partial charge is 0.309 e. The molecule has 1 aromatic heterocycles. The lowest BCUT2D eigenvalue weighted by molar-refractivity contribution is 0.583. The molecule has 1 N–H and O–H groups in total. The Labute approximate surface area is 128 Å². The van der Waals surface area contributed by atoms with E-state index in [-0.39, 0.29) is 5.82 Å². The lowest BCUT2D eigenvalue weighted by Crippen LogP contribution is -2.23. The second-order valence-corrected chi connectivity index (χ2v) is 6.78. The van der Waals surface area contributed by atoms with Crippen LogP contribution in [0.1, 0.15) is 29.8 Å². The molecule has 0 aliphatic rings. The summed E-state index contributed by atoms with van der Waals surface area (Å²) < 4.78 is 13.2. The van der Waals surface area contributed by atoms with Gasteiger partial charge in [-0.05, 0) is 55.1 Å². The van der Waals surface area contributed by atoms with Crippen LogP contribution >= 0.6 is 23.1 Å². The molecule has 20 heavy (non-hydrogen) atoms. The zero-order valence-corrected chi connectivity index (χ0v) is 13.5. The summed E-state index contributed by atoms with van der Waals surface area (Å²) in [5, 5.41) is 5.73. The van der Waals surface area contributed by atoms with E-state index in [9.17, 15) is 4.39 Å². The highest BCUT2D eigenvalue weighted by Gasteiger charge is 2.15. The molecule has 0 spiro atoms. The molecular formula is C16H20FNS2. The zero-order valence-electron chi connectivity index (χ0n) is 11.9. The van der Waals surface area contributed by atoms with Crippen LogP contribution in [0, 0.1) is 12.7 Å². The van der Waals surface area contributed by atoms with Gasteiger partial charge < -0.3 is 5.32 Å². The van der Waals surface area contributed by atoms with Gasteiger partial charge in [0.05, 0.1) is 6.04 Å². The smallest absolute Gasteiger partial charge is 0.124 e. The number of nitrogens with one attached hydrogen (secondary N) is 1. The second-order valence-electron chi connectivity index (χ2n) is 4.74. The Bertz CT molecular complexity index is 539. The molecule has 2 rings (SSSR count). The molecule has 1 atom stereocenters. The Morgan fingerprint density at radius 2 is 2.20 bits per heavy atom. The first-order valence-corrected chi connectivity index (χ1v) is 8.73. The van der Waals surface area contributed by atoms with Gasteiger partial charge in [-0.25, -0.2) is 4.39 Å². The average Bonchev–Trinajstić information content (AvgIpc) is 2.85.